The van der Waals surface area contributed by atoms with Crippen LogP contribution in [0.2, 0.25) is 0 Å². The van der Waals surface area contributed by atoms with Crippen LogP contribution >= 0.6 is 0 Å². The molecule has 2 heterocycles. The zero-order valence-corrected chi connectivity index (χ0v) is 18.9. The third kappa shape index (κ3) is 5.79. The second-order valence-electron chi connectivity index (χ2n) is 8.72. The van der Waals surface area contributed by atoms with E-state index in [1.807, 2.05) is 0 Å². The summed E-state index contributed by atoms with van der Waals surface area (Å²) in [7, 11) is -1.61. The quantitative estimate of drug-likeness (QED) is 0.450. The molecule has 8 nitrogen and oxygen atoms in total. The van der Waals surface area contributed by atoms with Crippen LogP contribution in [0, 0.1) is 0 Å². The minimum Gasteiger partial charge on any atom is -0.490 e. The van der Waals surface area contributed by atoms with Gasteiger partial charge in [0.05, 0.1) is 0 Å². The van der Waals surface area contributed by atoms with Crippen molar-refractivity contribution in [2.75, 3.05) is 26.2 Å². The molecule has 1 unspecified atom stereocenters. The molecule has 1 aliphatic carbocycles. The predicted octanol–water partition coefficient (Wildman–Crippen LogP) is 2.59. The number of carbonyl (C=O) groups excluding carboxylic acids is 1. The van der Waals surface area contributed by atoms with Crippen LogP contribution in [-0.4, -0.2) is 74.0 Å². The van der Waals surface area contributed by atoms with Crippen molar-refractivity contribution in [2.24, 2.45) is 0 Å². The van der Waals surface area contributed by atoms with Crippen LogP contribution in [0.3, 0.4) is 0 Å². The number of hydrogen-bond donors (Lipinski definition) is 2. The highest BCUT2D eigenvalue weighted by Crippen LogP contribution is 2.37. The first-order valence-electron chi connectivity index (χ1n) is 11.1. The van der Waals surface area contributed by atoms with Crippen LogP contribution < -0.4 is 15.0 Å². The Balaban J connectivity index is 1.31. The molecule has 12 heteroatoms. The highest BCUT2D eigenvalue weighted by atomic mass is 32.2. The van der Waals surface area contributed by atoms with Crippen LogP contribution in [0.5, 0.6) is 11.5 Å². The highest BCUT2D eigenvalue weighted by Gasteiger charge is 2.50. The summed E-state index contributed by atoms with van der Waals surface area (Å²) in [6.45, 7) is 2.24. The van der Waals surface area contributed by atoms with Crippen LogP contribution in [0.25, 0.3) is 0 Å². The van der Waals surface area contributed by atoms with E-state index in [0.29, 0.717) is 63.7 Å². The summed E-state index contributed by atoms with van der Waals surface area (Å²) in [5, 5.41) is 9.32. The van der Waals surface area contributed by atoms with E-state index in [0.717, 1.165) is 12.8 Å². The van der Waals surface area contributed by atoms with Crippen molar-refractivity contribution in [3.05, 3.63) is 24.3 Å². The number of likely N-dealkylation sites (tertiary alicyclic amines) is 1. The lowest BCUT2D eigenvalue weighted by Gasteiger charge is -2.43. The molecule has 2 aliphatic heterocycles. The number of ether oxygens (including phenoxy) is 2. The zero-order chi connectivity index (χ0) is 23.6. The van der Waals surface area contributed by atoms with E-state index in [1.54, 1.807) is 9.79 Å². The van der Waals surface area contributed by atoms with Gasteiger partial charge in [-0.1, -0.05) is 0 Å². The SMILES string of the molecule is O=C(NO)C1(S(=O)N2CCC(Oc3ccc(OC(F)(F)F)cc3)CC2)CCN(C2CC2)CC1. The monoisotopic (exact) mass is 491 g/mol. The lowest BCUT2D eigenvalue weighted by atomic mass is 9.95. The molecule has 33 heavy (non-hydrogen) atoms. The van der Waals surface area contributed by atoms with Gasteiger partial charge in [-0.3, -0.25) is 10.0 Å². The third-order valence-electron chi connectivity index (χ3n) is 6.51. The number of carbonyl (C=O) groups is 1. The summed E-state index contributed by atoms with van der Waals surface area (Å²) in [5.41, 5.74) is 1.73. The van der Waals surface area contributed by atoms with E-state index in [-0.39, 0.29) is 11.9 Å². The number of piperidine rings is 2. The summed E-state index contributed by atoms with van der Waals surface area (Å²) in [6, 6.07) is 5.78. The fourth-order valence-corrected chi connectivity index (χ4v) is 6.32. The van der Waals surface area contributed by atoms with Crippen molar-refractivity contribution < 1.29 is 36.9 Å². The molecule has 0 spiro atoms. The van der Waals surface area contributed by atoms with Gasteiger partial charge in [0, 0.05) is 32.2 Å². The Hall–Kier alpha value is -1.89. The second-order valence-corrected chi connectivity index (χ2v) is 10.5. The van der Waals surface area contributed by atoms with Gasteiger partial charge in [0.15, 0.2) is 0 Å². The standard InChI is InChI=1S/C21H28F3N3O5S/c22-21(23,24)32-18-5-3-16(4-6-18)31-17-7-11-27(12-8-17)33(30)20(19(28)25-29)9-13-26(14-10-20)15-1-2-15/h3-6,15,17,29H,1-2,7-14H2,(H,25,28). The first-order valence-corrected chi connectivity index (χ1v) is 12.2. The summed E-state index contributed by atoms with van der Waals surface area (Å²) in [5.74, 6) is -0.497. The maximum absolute atomic E-state index is 13.5. The van der Waals surface area contributed by atoms with E-state index in [1.165, 1.54) is 24.3 Å². The van der Waals surface area contributed by atoms with Crippen LogP contribution in [0.15, 0.2) is 24.3 Å². The van der Waals surface area contributed by atoms with E-state index in [2.05, 4.69) is 9.64 Å². The van der Waals surface area contributed by atoms with Gasteiger partial charge < -0.3 is 14.4 Å². The first-order chi connectivity index (χ1) is 15.7. The molecule has 3 fully saturated rings. The maximum Gasteiger partial charge on any atom is 0.573 e. The summed E-state index contributed by atoms with van der Waals surface area (Å²) >= 11 is 0. The fraction of sp³-hybridized carbons (Fsp3) is 0.667. The molecule has 1 atom stereocenters. The molecule has 0 aromatic heterocycles. The number of amides is 1. The third-order valence-corrected chi connectivity index (χ3v) is 8.61. The molecular weight excluding hydrogens is 463 g/mol. The fourth-order valence-electron chi connectivity index (χ4n) is 4.55. The van der Waals surface area contributed by atoms with E-state index in [9.17, 15) is 27.4 Å². The number of nitrogens with zero attached hydrogens (tertiary/aromatic N) is 2. The Labute approximate surface area is 192 Å². The van der Waals surface area contributed by atoms with Crippen molar-refractivity contribution >= 4 is 16.9 Å². The lowest BCUT2D eigenvalue weighted by Crippen LogP contribution is -2.60. The number of benzene rings is 1. The smallest absolute Gasteiger partial charge is 0.490 e. The van der Waals surface area contributed by atoms with Gasteiger partial charge in [-0.25, -0.2) is 14.0 Å². The number of rotatable bonds is 7. The Kier molecular flexibility index (Phi) is 7.18. The minimum absolute atomic E-state index is 0.188. The number of halogens is 3. The van der Waals surface area contributed by atoms with E-state index < -0.39 is 28.0 Å². The van der Waals surface area contributed by atoms with Gasteiger partial charge in [0.2, 0.25) is 0 Å². The average Bonchev–Trinajstić information content (AvgIpc) is 3.64. The van der Waals surface area contributed by atoms with Gasteiger partial charge >= 0.3 is 6.36 Å². The molecule has 1 aromatic carbocycles. The molecular formula is C21H28F3N3O5S. The lowest BCUT2D eigenvalue weighted by molar-refractivity contribution is -0.274. The molecule has 0 bridgehead atoms. The van der Waals surface area contributed by atoms with Crippen molar-refractivity contribution in [3.63, 3.8) is 0 Å². The first kappa shape index (κ1) is 24.2. The Bertz CT molecular complexity index is 850. The molecule has 184 valence electrons. The number of alkyl halides is 3. The highest BCUT2D eigenvalue weighted by molar-refractivity contribution is 7.85. The van der Waals surface area contributed by atoms with Crippen molar-refractivity contribution in [1.29, 1.82) is 0 Å². The van der Waals surface area contributed by atoms with Gasteiger partial charge in [-0.2, -0.15) is 0 Å². The van der Waals surface area contributed by atoms with Gasteiger partial charge in [-0.15, -0.1) is 13.2 Å². The number of hydroxylamine groups is 1. The van der Waals surface area contributed by atoms with Crippen molar-refractivity contribution in [1.82, 2.24) is 14.7 Å². The van der Waals surface area contributed by atoms with Gasteiger partial charge in [0.25, 0.3) is 5.91 Å². The van der Waals surface area contributed by atoms with Crippen molar-refractivity contribution in [3.8, 4) is 11.5 Å². The maximum atomic E-state index is 13.5. The topological polar surface area (TPSA) is 91.3 Å². The zero-order valence-electron chi connectivity index (χ0n) is 18.1. The van der Waals surface area contributed by atoms with Gasteiger partial charge in [0.1, 0.15) is 33.3 Å². The molecule has 1 aromatic rings. The molecule has 3 aliphatic rings. The Morgan fingerprint density at radius 2 is 1.61 bits per heavy atom. The average molecular weight is 492 g/mol. The number of nitrogens with one attached hydrogen (secondary N) is 1. The normalized spacial score (nSPS) is 23.6. The Morgan fingerprint density at radius 1 is 1.03 bits per heavy atom. The van der Waals surface area contributed by atoms with Crippen molar-refractivity contribution in [2.45, 2.75) is 61.8 Å². The number of hydrogen-bond acceptors (Lipinski definition) is 6. The summed E-state index contributed by atoms with van der Waals surface area (Å²) in [6.07, 6.45) is -0.663. The van der Waals surface area contributed by atoms with Gasteiger partial charge in [-0.05, 0) is 62.8 Å². The summed E-state index contributed by atoms with van der Waals surface area (Å²) in [4.78, 5) is 14.9. The van der Waals surface area contributed by atoms with E-state index >= 15 is 0 Å². The predicted molar refractivity (Wildman–Crippen MR) is 113 cm³/mol. The summed E-state index contributed by atoms with van der Waals surface area (Å²) < 4.78 is 60.7. The molecule has 2 saturated heterocycles. The largest absolute Gasteiger partial charge is 0.573 e. The van der Waals surface area contributed by atoms with Crippen LogP contribution in [-0.2, 0) is 15.8 Å². The van der Waals surface area contributed by atoms with E-state index in [4.69, 9.17) is 4.74 Å². The minimum atomic E-state index is -4.75. The Morgan fingerprint density at radius 3 is 2.12 bits per heavy atom. The van der Waals surface area contributed by atoms with Crippen LogP contribution in [0.4, 0.5) is 13.2 Å². The molecule has 2 N–H and O–H groups in total. The molecule has 0 radical (unpaired) electrons. The molecule has 1 amide bonds. The second kappa shape index (κ2) is 9.77. The van der Waals surface area contributed by atoms with Crippen LogP contribution in [0.1, 0.15) is 38.5 Å². The molecule has 4 rings (SSSR count). The molecule has 1 saturated carbocycles.